The van der Waals surface area contributed by atoms with Gasteiger partial charge in [0.2, 0.25) is 11.8 Å². The number of hydrogen-bond acceptors (Lipinski definition) is 11. The first-order valence-corrected chi connectivity index (χ1v) is 21.1. The third kappa shape index (κ3) is 9.49. The molecule has 0 fully saturated rings. The van der Waals surface area contributed by atoms with Crippen LogP contribution in [0.4, 0.5) is 4.39 Å². The first-order chi connectivity index (χ1) is 29.0. The summed E-state index contributed by atoms with van der Waals surface area (Å²) < 4.78 is 27.7. The van der Waals surface area contributed by atoms with Gasteiger partial charge in [0.15, 0.2) is 11.4 Å². The van der Waals surface area contributed by atoms with Gasteiger partial charge < -0.3 is 29.8 Å². The number of halogens is 1. The van der Waals surface area contributed by atoms with E-state index in [4.69, 9.17) is 14.5 Å². The quantitative estimate of drug-likeness (QED) is 0.0499. The normalized spacial score (nSPS) is 17.6. The minimum Gasteiger partial charge on any atom is -0.458 e. The van der Waals surface area contributed by atoms with Gasteiger partial charge in [-0.25, -0.2) is 14.2 Å². The number of aliphatic hydroxyl groups is 1. The van der Waals surface area contributed by atoms with E-state index in [0.717, 1.165) is 21.4 Å². The first-order valence-electron chi connectivity index (χ1n) is 21.1. The maximum absolute atomic E-state index is 15.3. The van der Waals surface area contributed by atoms with Crippen molar-refractivity contribution in [3.05, 3.63) is 74.3 Å². The van der Waals surface area contributed by atoms with Gasteiger partial charge in [-0.3, -0.25) is 33.7 Å². The zero-order chi connectivity index (χ0) is 44.2. The van der Waals surface area contributed by atoms with Crippen molar-refractivity contribution in [1.82, 2.24) is 25.1 Å². The third-order valence-electron chi connectivity index (χ3n) is 11.9. The predicted molar refractivity (Wildman–Crippen MR) is 221 cm³/mol. The van der Waals surface area contributed by atoms with Crippen molar-refractivity contribution in [3.63, 3.8) is 0 Å². The minimum atomic E-state index is -1.95. The van der Waals surface area contributed by atoms with Crippen molar-refractivity contribution in [2.24, 2.45) is 11.8 Å². The Morgan fingerprint density at radius 3 is 2.46 bits per heavy atom. The Morgan fingerprint density at radius 1 is 1.02 bits per heavy atom. The maximum Gasteiger partial charge on any atom is 0.343 e. The molecule has 6 rings (SSSR count). The lowest BCUT2D eigenvalue weighted by Crippen LogP contribution is -2.45. The average molecular weight is 844 g/mol. The number of ether oxygens (including phenoxy) is 2. The number of carbonyl (C=O) groups excluding carboxylic acids is 6. The highest BCUT2D eigenvalue weighted by molar-refractivity contribution is 6.12. The van der Waals surface area contributed by atoms with Crippen LogP contribution in [0.2, 0.25) is 0 Å². The third-order valence-corrected chi connectivity index (χ3v) is 11.9. The number of rotatable bonds is 20. The number of cyclic esters (lactones) is 1. The number of ketones is 1. The van der Waals surface area contributed by atoms with Crippen molar-refractivity contribution in [2.45, 2.75) is 117 Å². The molecule has 4 amide bonds. The fraction of sp³-hybridized carbons (Fsp3) is 0.511. The largest absolute Gasteiger partial charge is 0.458 e. The number of aryl methyl sites for hydroxylation is 1. The molecule has 3 aliphatic rings. The summed E-state index contributed by atoms with van der Waals surface area (Å²) in [6.07, 6.45) is 6.14. The first kappa shape index (κ1) is 44.9. The number of benzene rings is 1. The Hall–Kier alpha value is -5.61. The van der Waals surface area contributed by atoms with Crippen LogP contribution in [0, 0.1) is 24.6 Å². The molecule has 0 unspecified atom stereocenters. The molecular formula is C45H54FN5O10. The van der Waals surface area contributed by atoms with Crippen molar-refractivity contribution < 1.29 is 47.7 Å². The number of fused-ring (bicyclic) bond motifs is 5. The van der Waals surface area contributed by atoms with Gasteiger partial charge in [-0.2, -0.15) is 0 Å². The highest BCUT2D eigenvalue weighted by atomic mass is 19.1. The van der Waals surface area contributed by atoms with Crippen LogP contribution in [0.25, 0.3) is 22.3 Å². The highest BCUT2D eigenvalue weighted by Gasteiger charge is 2.45. The van der Waals surface area contributed by atoms with Crippen LogP contribution in [0.5, 0.6) is 0 Å². The molecule has 0 saturated heterocycles. The summed E-state index contributed by atoms with van der Waals surface area (Å²) in [7, 11) is 0. The molecule has 326 valence electrons. The second-order valence-electron chi connectivity index (χ2n) is 16.5. The summed E-state index contributed by atoms with van der Waals surface area (Å²) in [5.74, 6) is -3.62. The maximum atomic E-state index is 15.3. The zero-order valence-electron chi connectivity index (χ0n) is 35.4. The van der Waals surface area contributed by atoms with E-state index in [1.165, 1.54) is 18.2 Å². The van der Waals surface area contributed by atoms with Crippen LogP contribution in [-0.2, 0) is 63.4 Å². The van der Waals surface area contributed by atoms with Gasteiger partial charge in [0.05, 0.1) is 35.1 Å². The van der Waals surface area contributed by atoms with Crippen LogP contribution < -0.4 is 16.2 Å². The lowest BCUT2D eigenvalue weighted by molar-refractivity contribution is -0.172. The minimum absolute atomic E-state index is 0.0255. The molecule has 3 aromatic rings. The Balaban J connectivity index is 0.950. The van der Waals surface area contributed by atoms with Crippen LogP contribution in [-0.4, -0.2) is 80.9 Å². The Morgan fingerprint density at radius 2 is 1.75 bits per heavy atom. The van der Waals surface area contributed by atoms with E-state index < -0.39 is 29.3 Å². The van der Waals surface area contributed by atoms with Gasteiger partial charge in [0.25, 0.3) is 17.4 Å². The summed E-state index contributed by atoms with van der Waals surface area (Å²) in [5, 5.41) is 17.4. The van der Waals surface area contributed by atoms with Gasteiger partial charge in [-0.15, -0.1) is 0 Å². The van der Waals surface area contributed by atoms with E-state index in [0.29, 0.717) is 74.1 Å². The Bertz CT molecular complexity index is 2340. The molecule has 0 radical (unpaired) electrons. The molecule has 5 heterocycles. The number of esters is 1. The van der Waals surface area contributed by atoms with Crippen molar-refractivity contribution in [1.29, 1.82) is 0 Å². The van der Waals surface area contributed by atoms with E-state index in [1.807, 2.05) is 19.9 Å². The lowest BCUT2D eigenvalue weighted by atomic mass is 9.86. The van der Waals surface area contributed by atoms with Crippen LogP contribution in [0.15, 0.2) is 35.1 Å². The molecule has 3 N–H and O–H groups in total. The fourth-order valence-corrected chi connectivity index (χ4v) is 8.23. The summed E-state index contributed by atoms with van der Waals surface area (Å²) in [6.45, 7) is 9.20. The van der Waals surface area contributed by atoms with Crippen molar-refractivity contribution in [3.8, 4) is 11.4 Å². The molecule has 61 heavy (non-hydrogen) atoms. The number of pyridine rings is 2. The van der Waals surface area contributed by atoms with Gasteiger partial charge in [-0.05, 0) is 74.6 Å². The molecule has 0 spiro atoms. The standard InChI is InChI=1S/C45H54FN5O10/c1-6-45(59)32-20-35-41-28(22-51(35)43(57)31(32)23-61-44(45)58)19-30-29(27(5)33(46)21-34(30)48-41)12-9-11-17-60-24-47-42(56)26(4)18-36(52)40(25(2)3)49-37(53)13-8-7-10-16-50-38(54)14-15-39(50)55/h14-15,19-21,25-26,40,59H,6-13,16-18,22-24H2,1-5H3,(H,47,56)(H,49,53)/t26-,40+,45+/m1/s1. The number of nitrogens with zero attached hydrogens (tertiary/aromatic N) is 3. The predicted octanol–water partition coefficient (Wildman–Crippen LogP) is 4.16. The van der Waals surface area contributed by atoms with Crippen LogP contribution in [0.3, 0.4) is 0 Å². The number of hydrogen-bond donors (Lipinski definition) is 3. The highest BCUT2D eigenvalue weighted by Crippen LogP contribution is 2.39. The van der Waals surface area contributed by atoms with E-state index in [9.17, 15) is 38.7 Å². The Labute approximate surface area is 353 Å². The van der Waals surface area contributed by atoms with E-state index in [2.05, 4.69) is 10.6 Å². The van der Waals surface area contributed by atoms with Gasteiger partial charge in [-0.1, -0.05) is 34.1 Å². The molecule has 16 heteroatoms. The number of amides is 4. The SMILES string of the molecule is CC[C@@]1(O)C(=O)OCc2c1cc1n(c2=O)Cc2cc3c(CCCCOCNC(=O)[C@H](C)CC(=O)[C@@H](NC(=O)CCCCCN4C(=O)C=CC4=O)C(C)C)c(C)c(F)cc3nc2-1. The molecule has 3 atom stereocenters. The molecule has 15 nitrogen and oxygen atoms in total. The van der Waals surface area contributed by atoms with Crippen molar-refractivity contribution in [2.75, 3.05) is 19.9 Å². The van der Waals surface area contributed by atoms with Crippen LogP contribution in [0.1, 0.15) is 107 Å². The summed E-state index contributed by atoms with van der Waals surface area (Å²) >= 11 is 0. The van der Waals surface area contributed by atoms with E-state index >= 15 is 4.39 Å². The van der Waals surface area contributed by atoms with E-state index in [-0.39, 0.29) is 91.2 Å². The van der Waals surface area contributed by atoms with Gasteiger partial charge >= 0.3 is 5.97 Å². The molecule has 1 aromatic carbocycles. The van der Waals surface area contributed by atoms with Crippen LogP contribution >= 0.6 is 0 Å². The molecule has 0 saturated carbocycles. The van der Waals surface area contributed by atoms with Gasteiger partial charge in [0, 0.05) is 66.6 Å². The molecule has 0 bridgehead atoms. The van der Waals surface area contributed by atoms with Gasteiger partial charge in [0.1, 0.15) is 19.2 Å². The number of nitrogens with one attached hydrogen (secondary N) is 2. The molecule has 0 aliphatic carbocycles. The average Bonchev–Trinajstić information content (AvgIpc) is 3.75. The second-order valence-corrected chi connectivity index (χ2v) is 16.5. The topological polar surface area (TPSA) is 203 Å². The number of Topliss-reactive ketones (excluding diaryl/α,β-unsaturated/α-hetero) is 1. The van der Waals surface area contributed by atoms with Crippen molar-refractivity contribution >= 4 is 46.3 Å². The second kappa shape index (κ2) is 19.0. The van der Waals surface area contributed by atoms with E-state index in [1.54, 1.807) is 31.4 Å². The summed E-state index contributed by atoms with van der Waals surface area (Å²) in [5.41, 5.74) is 1.54. The molecule has 2 aromatic heterocycles. The number of unbranched alkanes of at least 4 members (excludes halogenated alkanes) is 3. The number of aromatic nitrogens is 2. The zero-order valence-corrected chi connectivity index (χ0v) is 35.4. The fourth-order valence-electron chi connectivity index (χ4n) is 8.23. The summed E-state index contributed by atoms with van der Waals surface area (Å²) in [4.78, 5) is 94.0. The lowest BCUT2D eigenvalue weighted by Gasteiger charge is -2.31. The molecule has 3 aliphatic heterocycles. The smallest absolute Gasteiger partial charge is 0.343 e. The summed E-state index contributed by atoms with van der Waals surface area (Å²) in [6, 6.07) is 4.19. The number of carbonyl (C=O) groups is 6. The number of imide groups is 1. The molecular weight excluding hydrogens is 790 g/mol. The Kier molecular flexibility index (Phi) is 14.0. The monoisotopic (exact) mass is 843 g/mol.